The van der Waals surface area contributed by atoms with Crippen molar-refractivity contribution in [2.45, 2.75) is 18.9 Å². The van der Waals surface area contributed by atoms with Gasteiger partial charge >= 0.3 is 0 Å². The summed E-state index contributed by atoms with van der Waals surface area (Å²) < 4.78 is 11.3. The lowest BCUT2D eigenvalue weighted by Crippen LogP contribution is -2.41. The Morgan fingerprint density at radius 2 is 1.75 bits per heavy atom. The molecule has 0 bridgehead atoms. The molecule has 2 aromatic rings. The van der Waals surface area contributed by atoms with Gasteiger partial charge in [0.25, 0.3) is 5.91 Å². The fraction of sp³-hybridized carbons (Fsp3) is 0.316. The highest BCUT2D eigenvalue weighted by molar-refractivity contribution is 6.30. The number of methoxy groups -OCH3 is 1. The number of piperidine rings is 1. The van der Waals surface area contributed by atoms with E-state index in [9.17, 15) is 4.79 Å². The lowest BCUT2D eigenvalue weighted by molar-refractivity contribution is 0.0592. The lowest BCUT2D eigenvalue weighted by atomic mass is 10.1. The molecule has 0 saturated carbocycles. The molecule has 1 amide bonds. The number of benzene rings is 2. The van der Waals surface area contributed by atoms with Gasteiger partial charge in [0.2, 0.25) is 0 Å². The maximum atomic E-state index is 12.7. The molecule has 5 heteroatoms. The van der Waals surface area contributed by atoms with Crippen LogP contribution in [0.5, 0.6) is 11.5 Å². The van der Waals surface area contributed by atoms with Crippen molar-refractivity contribution in [2.75, 3.05) is 20.2 Å². The van der Waals surface area contributed by atoms with Crippen LogP contribution in [-0.4, -0.2) is 37.1 Å². The van der Waals surface area contributed by atoms with E-state index >= 15 is 0 Å². The second kappa shape index (κ2) is 7.58. The summed E-state index contributed by atoms with van der Waals surface area (Å²) in [5.41, 5.74) is 0.608. The van der Waals surface area contributed by atoms with Gasteiger partial charge in [0, 0.05) is 31.0 Å². The van der Waals surface area contributed by atoms with Crippen LogP contribution >= 0.6 is 11.6 Å². The van der Waals surface area contributed by atoms with Crippen LogP contribution in [0.3, 0.4) is 0 Å². The van der Waals surface area contributed by atoms with Crippen molar-refractivity contribution in [2.24, 2.45) is 0 Å². The number of likely N-dealkylation sites (tertiary alicyclic amines) is 1. The number of hydrogen-bond donors (Lipinski definition) is 0. The smallest absolute Gasteiger partial charge is 0.257 e. The third-order valence-electron chi connectivity index (χ3n) is 4.18. The van der Waals surface area contributed by atoms with Gasteiger partial charge in [-0.05, 0) is 36.4 Å². The lowest BCUT2D eigenvalue weighted by Gasteiger charge is -2.32. The average Bonchev–Trinajstić information content (AvgIpc) is 2.63. The molecule has 1 saturated heterocycles. The van der Waals surface area contributed by atoms with Crippen LogP contribution in [0.15, 0.2) is 48.5 Å². The summed E-state index contributed by atoms with van der Waals surface area (Å²) in [6, 6.07) is 14.7. The van der Waals surface area contributed by atoms with Crippen LogP contribution in [0.4, 0.5) is 0 Å². The molecule has 1 fully saturated rings. The zero-order chi connectivity index (χ0) is 16.9. The molecule has 2 aromatic carbocycles. The van der Waals surface area contributed by atoms with Crippen molar-refractivity contribution in [1.29, 1.82) is 0 Å². The van der Waals surface area contributed by atoms with Crippen LogP contribution in [0.1, 0.15) is 23.2 Å². The van der Waals surface area contributed by atoms with Gasteiger partial charge < -0.3 is 14.4 Å². The van der Waals surface area contributed by atoms with E-state index < -0.39 is 0 Å². The van der Waals surface area contributed by atoms with Crippen molar-refractivity contribution >= 4 is 17.5 Å². The topological polar surface area (TPSA) is 38.8 Å². The molecule has 0 N–H and O–H groups in total. The number of hydrogen-bond acceptors (Lipinski definition) is 3. The summed E-state index contributed by atoms with van der Waals surface area (Å²) >= 11 is 5.88. The van der Waals surface area contributed by atoms with Crippen LogP contribution in [-0.2, 0) is 0 Å². The molecular weight excluding hydrogens is 326 g/mol. The van der Waals surface area contributed by atoms with Crippen molar-refractivity contribution in [1.82, 2.24) is 4.90 Å². The van der Waals surface area contributed by atoms with E-state index in [2.05, 4.69) is 0 Å². The molecule has 0 spiro atoms. The van der Waals surface area contributed by atoms with Gasteiger partial charge in [0.15, 0.2) is 0 Å². The van der Waals surface area contributed by atoms with Crippen molar-refractivity contribution in [3.63, 3.8) is 0 Å². The first-order valence-corrected chi connectivity index (χ1v) is 8.39. The number of halogens is 1. The van der Waals surface area contributed by atoms with Gasteiger partial charge in [-0.25, -0.2) is 0 Å². The SMILES string of the molecule is COc1ccccc1C(=O)N1CCC(Oc2ccc(Cl)cc2)CC1. The first-order valence-electron chi connectivity index (χ1n) is 8.02. The van der Waals surface area contributed by atoms with E-state index in [-0.39, 0.29) is 12.0 Å². The van der Waals surface area contributed by atoms with E-state index in [0.29, 0.717) is 29.4 Å². The Morgan fingerprint density at radius 3 is 2.42 bits per heavy atom. The molecule has 126 valence electrons. The summed E-state index contributed by atoms with van der Waals surface area (Å²) in [5, 5.41) is 0.694. The van der Waals surface area contributed by atoms with Crippen LogP contribution < -0.4 is 9.47 Å². The van der Waals surface area contributed by atoms with Crippen LogP contribution in [0, 0.1) is 0 Å². The molecule has 3 rings (SSSR count). The van der Waals surface area contributed by atoms with E-state index in [1.54, 1.807) is 13.2 Å². The monoisotopic (exact) mass is 345 g/mol. The maximum Gasteiger partial charge on any atom is 0.257 e. The largest absolute Gasteiger partial charge is 0.496 e. The number of carbonyl (C=O) groups is 1. The first-order chi connectivity index (χ1) is 11.7. The summed E-state index contributed by atoms with van der Waals surface area (Å²) in [5.74, 6) is 1.44. The van der Waals surface area contributed by atoms with E-state index in [1.807, 2.05) is 47.4 Å². The number of amides is 1. The van der Waals surface area contributed by atoms with Crippen molar-refractivity contribution in [3.05, 3.63) is 59.1 Å². The fourth-order valence-electron chi connectivity index (χ4n) is 2.87. The molecule has 1 heterocycles. The Hall–Kier alpha value is -2.20. The van der Waals surface area contributed by atoms with Crippen LogP contribution in [0.25, 0.3) is 0 Å². The van der Waals surface area contributed by atoms with Crippen LogP contribution in [0.2, 0.25) is 5.02 Å². The molecule has 0 radical (unpaired) electrons. The van der Waals surface area contributed by atoms with Gasteiger partial charge in [0.05, 0.1) is 12.7 Å². The van der Waals surface area contributed by atoms with Gasteiger partial charge in [-0.15, -0.1) is 0 Å². The molecule has 0 unspecified atom stereocenters. The molecule has 0 atom stereocenters. The Balaban J connectivity index is 1.58. The Morgan fingerprint density at radius 1 is 1.08 bits per heavy atom. The third-order valence-corrected chi connectivity index (χ3v) is 4.43. The number of ether oxygens (including phenoxy) is 2. The van der Waals surface area contributed by atoms with Gasteiger partial charge in [-0.1, -0.05) is 23.7 Å². The molecule has 0 aromatic heterocycles. The predicted molar refractivity (Wildman–Crippen MR) is 94.0 cm³/mol. The van der Waals surface area contributed by atoms with Gasteiger partial charge in [-0.2, -0.15) is 0 Å². The zero-order valence-electron chi connectivity index (χ0n) is 13.6. The highest BCUT2D eigenvalue weighted by atomic mass is 35.5. The minimum atomic E-state index is 0.0115. The summed E-state index contributed by atoms with van der Waals surface area (Å²) in [6.07, 6.45) is 1.74. The molecule has 24 heavy (non-hydrogen) atoms. The molecule has 4 nitrogen and oxygen atoms in total. The van der Waals surface area contributed by atoms with Crippen molar-refractivity contribution < 1.29 is 14.3 Å². The quantitative estimate of drug-likeness (QED) is 0.839. The highest BCUT2D eigenvalue weighted by Crippen LogP contribution is 2.24. The second-order valence-corrected chi connectivity index (χ2v) is 6.20. The number of rotatable bonds is 4. The molecule has 1 aliphatic heterocycles. The number of carbonyl (C=O) groups excluding carboxylic acids is 1. The first kappa shape index (κ1) is 16.7. The minimum Gasteiger partial charge on any atom is -0.496 e. The molecule has 0 aliphatic carbocycles. The maximum absolute atomic E-state index is 12.7. The molecular formula is C19H20ClNO3. The van der Waals surface area contributed by atoms with E-state index in [0.717, 1.165) is 18.6 Å². The predicted octanol–water partition coefficient (Wildman–Crippen LogP) is 4.03. The molecule has 1 aliphatic rings. The standard InChI is InChI=1S/C19H20ClNO3/c1-23-18-5-3-2-4-17(18)19(22)21-12-10-16(11-13-21)24-15-8-6-14(20)7-9-15/h2-9,16H,10-13H2,1H3. The Kier molecular flexibility index (Phi) is 5.26. The summed E-state index contributed by atoms with van der Waals surface area (Å²) in [4.78, 5) is 14.5. The summed E-state index contributed by atoms with van der Waals surface area (Å²) in [7, 11) is 1.58. The average molecular weight is 346 g/mol. The summed E-state index contributed by atoms with van der Waals surface area (Å²) in [6.45, 7) is 1.35. The Labute approximate surface area is 146 Å². The van der Waals surface area contributed by atoms with E-state index in [1.165, 1.54) is 0 Å². The second-order valence-electron chi connectivity index (χ2n) is 5.76. The highest BCUT2D eigenvalue weighted by Gasteiger charge is 2.26. The third kappa shape index (κ3) is 3.82. The zero-order valence-corrected chi connectivity index (χ0v) is 14.3. The van der Waals surface area contributed by atoms with Crippen molar-refractivity contribution in [3.8, 4) is 11.5 Å². The fourth-order valence-corrected chi connectivity index (χ4v) is 3.00. The Bertz CT molecular complexity index is 694. The number of para-hydroxylation sites is 1. The van der Waals surface area contributed by atoms with Gasteiger partial charge in [0.1, 0.15) is 17.6 Å². The minimum absolute atomic E-state index is 0.0115. The number of nitrogens with zero attached hydrogens (tertiary/aromatic N) is 1. The van der Waals surface area contributed by atoms with Gasteiger partial charge in [-0.3, -0.25) is 4.79 Å². The van der Waals surface area contributed by atoms with E-state index in [4.69, 9.17) is 21.1 Å². The normalized spacial score (nSPS) is 15.2.